The van der Waals surface area contributed by atoms with Gasteiger partial charge in [0.1, 0.15) is 0 Å². The second-order valence-electron chi connectivity index (χ2n) is 3.68. The molecule has 15 heavy (non-hydrogen) atoms. The van der Waals surface area contributed by atoms with E-state index in [0.29, 0.717) is 0 Å². The highest BCUT2D eigenvalue weighted by atomic mass is 79.9. The molecule has 84 valence electrons. The minimum absolute atomic E-state index is 0.729. The second-order valence-corrected chi connectivity index (χ2v) is 4.54. The molecule has 0 amide bonds. The Labute approximate surface area is 100 Å². The lowest BCUT2D eigenvalue weighted by Crippen LogP contribution is -1.99. The quantitative estimate of drug-likeness (QED) is 0.727. The molecule has 0 bridgehead atoms. The van der Waals surface area contributed by atoms with Gasteiger partial charge in [0, 0.05) is 16.7 Å². The third-order valence-corrected chi connectivity index (χ3v) is 3.10. The summed E-state index contributed by atoms with van der Waals surface area (Å²) in [5.74, 6) is 0.729. The van der Waals surface area contributed by atoms with Gasteiger partial charge in [-0.1, -0.05) is 26.2 Å². The topological polar surface area (TPSA) is 22.1 Å². The van der Waals surface area contributed by atoms with Crippen LogP contribution >= 0.6 is 15.9 Å². The van der Waals surface area contributed by atoms with Crippen molar-refractivity contribution in [3.63, 3.8) is 0 Å². The van der Waals surface area contributed by atoms with Crippen LogP contribution in [-0.2, 0) is 0 Å². The molecule has 0 saturated heterocycles. The predicted molar refractivity (Wildman–Crippen MR) is 66.3 cm³/mol. The number of aromatic nitrogens is 1. The molecular weight excluding hydrogens is 254 g/mol. The van der Waals surface area contributed by atoms with Crippen LogP contribution in [0.2, 0.25) is 0 Å². The molecule has 0 aliphatic carbocycles. The van der Waals surface area contributed by atoms with Crippen molar-refractivity contribution < 1.29 is 4.74 Å². The first-order chi connectivity index (χ1) is 7.24. The Morgan fingerprint density at radius 1 is 1.33 bits per heavy atom. The van der Waals surface area contributed by atoms with E-state index in [9.17, 15) is 0 Å². The van der Waals surface area contributed by atoms with Gasteiger partial charge in [0.2, 0.25) is 5.88 Å². The normalized spacial score (nSPS) is 10.3. The van der Waals surface area contributed by atoms with Crippen molar-refractivity contribution in [2.24, 2.45) is 0 Å². The third kappa shape index (κ3) is 4.65. The van der Waals surface area contributed by atoms with E-state index in [-0.39, 0.29) is 0 Å². The zero-order valence-electron chi connectivity index (χ0n) is 9.42. The van der Waals surface area contributed by atoms with E-state index in [4.69, 9.17) is 4.74 Å². The standard InChI is InChI=1S/C12H18BrNO/c1-3-4-5-6-7-15-12-8-10(2)11(13)9-14-12/h8-9H,3-7H2,1-2H3. The van der Waals surface area contributed by atoms with E-state index in [0.717, 1.165) is 28.9 Å². The lowest BCUT2D eigenvalue weighted by molar-refractivity contribution is 0.293. The molecule has 0 saturated carbocycles. The highest BCUT2D eigenvalue weighted by Gasteiger charge is 1.99. The van der Waals surface area contributed by atoms with Crippen LogP contribution in [-0.4, -0.2) is 11.6 Å². The Balaban J connectivity index is 2.28. The van der Waals surface area contributed by atoms with Gasteiger partial charge < -0.3 is 4.74 Å². The Bertz CT molecular complexity index is 302. The van der Waals surface area contributed by atoms with Crippen LogP contribution in [0, 0.1) is 6.92 Å². The molecule has 0 aromatic carbocycles. The van der Waals surface area contributed by atoms with Gasteiger partial charge in [-0.05, 0) is 34.8 Å². The van der Waals surface area contributed by atoms with E-state index in [2.05, 4.69) is 27.8 Å². The minimum atomic E-state index is 0.729. The van der Waals surface area contributed by atoms with Gasteiger partial charge in [-0.15, -0.1) is 0 Å². The molecule has 2 nitrogen and oxygen atoms in total. The summed E-state index contributed by atoms with van der Waals surface area (Å²) in [5, 5.41) is 0. The molecule has 1 rings (SSSR count). The summed E-state index contributed by atoms with van der Waals surface area (Å²) >= 11 is 3.41. The van der Waals surface area contributed by atoms with Gasteiger partial charge in [0.05, 0.1) is 6.61 Å². The Morgan fingerprint density at radius 2 is 2.13 bits per heavy atom. The number of pyridine rings is 1. The number of ether oxygens (including phenoxy) is 1. The van der Waals surface area contributed by atoms with Gasteiger partial charge in [-0.2, -0.15) is 0 Å². The van der Waals surface area contributed by atoms with Crippen LogP contribution in [0.15, 0.2) is 16.7 Å². The largest absolute Gasteiger partial charge is 0.478 e. The molecule has 0 fully saturated rings. The minimum Gasteiger partial charge on any atom is -0.478 e. The number of unbranched alkanes of at least 4 members (excludes halogenated alkanes) is 3. The van der Waals surface area contributed by atoms with Crippen molar-refractivity contribution in [3.05, 3.63) is 22.3 Å². The fourth-order valence-electron chi connectivity index (χ4n) is 1.30. The highest BCUT2D eigenvalue weighted by molar-refractivity contribution is 9.10. The molecule has 1 heterocycles. The molecule has 3 heteroatoms. The van der Waals surface area contributed by atoms with Gasteiger partial charge >= 0.3 is 0 Å². The summed E-state index contributed by atoms with van der Waals surface area (Å²) < 4.78 is 6.58. The molecule has 1 aromatic heterocycles. The molecule has 0 unspecified atom stereocenters. The predicted octanol–water partition coefficient (Wildman–Crippen LogP) is 4.11. The molecule has 0 N–H and O–H groups in total. The van der Waals surface area contributed by atoms with E-state index in [1.165, 1.54) is 19.3 Å². The molecule has 0 radical (unpaired) electrons. The lowest BCUT2D eigenvalue weighted by Gasteiger charge is -2.06. The highest BCUT2D eigenvalue weighted by Crippen LogP contribution is 2.18. The van der Waals surface area contributed by atoms with Gasteiger partial charge in [-0.25, -0.2) is 4.98 Å². The summed E-state index contributed by atoms with van der Waals surface area (Å²) in [5.41, 5.74) is 1.16. The maximum Gasteiger partial charge on any atom is 0.213 e. The number of aryl methyl sites for hydroxylation is 1. The zero-order chi connectivity index (χ0) is 11.1. The van der Waals surface area contributed by atoms with Crippen molar-refractivity contribution in [2.45, 2.75) is 39.5 Å². The van der Waals surface area contributed by atoms with Gasteiger partial charge in [0.15, 0.2) is 0 Å². The maximum atomic E-state index is 5.56. The summed E-state index contributed by atoms with van der Waals surface area (Å²) in [6, 6.07) is 1.96. The Kier molecular flexibility index (Phi) is 5.69. The van der Waals surface area contributed by atoms with Crippen LogP contribution < -0.4 is 4.74 Å². The Morgan fingerprint density at radius 3 is 2.80 bits per heavy atom. The van der Waals surface area contributed by atoms with Crippen LogP contribution in [0.25, 0.3) is 0 Å². The number of rotatable bonds is 6. The number of hydrogen-bond donors (Lipinski definition) is 0. The van der Waals surface area contributed by atoms with Crippen LogP contribution in [0.5, 0.6) is 5.88 Å². The fourth-order valence-corrected chi connectivity index (χ4v) is 1.51. The number of halogens is 1. The third-order valence-electron chi connectivity index (χ3n) is 2.27. The average Bonchev–Trinajstić information content (AvgIpc) is 2.23. The fraction of sp³-hybridized carbons (Fsp3) is 0.583. The van der Waals surface area contributed by atoms with Crippen molar-refractivity contribution in [1.82, 2.24) is 4.98 Å². The van der Waals surface area contributed by atoms with E-state index in [1.807, 2.05) is 13.0 Å². The summed E-state index contributed by atoms with van der Waals surface area (Å²) in [6.07, 6.45) is 6.69. The van der Waals surface area contributed by atoms with Crippen molar-refractivity contribution in [1.29, 1.82) is 0 Å². The molecule has 0 aliphatic heterocycles. The number of hydrogen-bond acceptors (Lipinski definition) is 2. The van der Waals surface area contributed by atoms with Crippen molar-refractivity contribution in [2.75, 3.05) is 6.61 Å². The number of nitrogens with zero attached hydrogens (tertiary/aromatic N) is 1. The molecule has 0 atom stereocenters. The monoisotopic (exact) mass is 271 g/mol. The van der Waals surface area contributed by atoms with E-state index >= 15 is 0 Å². The first-order valence-electron chi connectivity index (χ1n) is 5.49. The molecule has 0 spiro atoms. The van der Waals surface area contributed by atoms with E-state index in [1.54, 1.807) is 6.20 Å². The van der Waals surface area contributed by atoms with E-state index < -0.39 is 0 Å². The maximum absolute atomic E-state index is 5.56. The SMILES string of the molecule is CCCCCCOc1cc(C)c(Br)cn1. The van der Waals surface area contributed by atoms with Gasteiger partial charge in [0.25, 0.3) is 0 Å². The zero-order valence-corrected chi connectivity index (χ0v) is 11.0. The average molecular weight is 272 g/mol. The summed E-state index contributed by atoms with van der Waals surface area (Å²) in [4.78, 5) is 4.19. The lowest BCUT2D eigenvalue weighted by atomic mass is 10.2. The first kappa shape index (κ1) is 12.5. The van der Waals surface area contributed by atoms with Gasteiger partial charge in [-0.3, -0.25) is 0 Å². The molecular formula is C12H18BrNO. The molecule has 1 aromatic rings. The van der Waals surface area contributed by atoms with Crippen molar-refractivity contribution in [3.8, 4) is 5.88 Å². The molecule has 0 aliphatic rings. The first-order valence-corrected chi connectivity index (χ1v) is 6.28. The van der Waals surface area contributed by atoms with Crippen molar-refractivity contribution >= 4 is 15.9 Å². The Hall–Kier alpha value is -0.570. The van der Waals surface area contributed by atoms with Crippen LogP contribution in [0.4, 0.5) is 0 Å². The smallest absolute Gasteiger partial charge is 0.213 e. The second kappa shape index (κ2) is 6.83. The summed E-state index contributed by atoms with van der Waals surface area (Å²) in [7, 11) is 0. The van der Waals surface area contributed by atoms with Crippen LogP contribution in [0.1, 0.15) is 38.2 Å². The van der Waals surface area contributed by atoms with Crippen LogP contribution in [0.3, 0.4) is 0 Å². The summed E-state index contributed by atoms with van der Waals surface area (Å²) in [6.45, 7) is 5.02.